The molecule has 2 rings (SSSR count). The third-order valence-corrected chi connectivity index (χ3v) is 3.12. The molecule has 0 aromatic carbocycles. The summed E-state index contributed by atoms with van der Waals surface area (Å²) in [5.74, 6) is 0.108. The number of aliphatic hydroxyl groups is 3. The second-order valence-corrected chi connectivity index (χ2v) is 4.47. The number of rotatable bonds is 2. The summed E-state index contributed by atoms with van der Waals surface area (Å²) in [4.78, 5) is 4.74. The van der Waals surface area contributed by atoms with Crippen molar-refractivity contribution in [3.8, 4) is 0 Å². The van der Waals surface area contributed by atoms with Gasteiger partial charge in [0, 0.05) is 6.20 Å². The van der Waals surface area contributed by atoms with Gasteiger partial charge in [-0.3, -0.25) is 0 Å². The van der Waals surface area contributed by atoms with Crippen LogP contribution in [0.4, 0.5) is 4.39 Å². The molecule has 1 saturated heterocycles. The lowest BCUT2D eigenvalue weighted by Crippen LogP contribution is -2.52. The van der Waals surface area contributed by atoms with E-state index in [-0.39, 0.29) is 5.84 Å². The molecule has 0 saturated carbocycles. The van der Waals surface area contributed by atoms with Crippen LogP contribution in [0.3, 0.4) is 0 Å². The summed E-state index contributed by atoms with van der Waals surface area (Å²) in [5.41, 5.74) is 3.23. The van der Waals surface area contributed by atoms with Gasteiger partial charge in [0.05, 0.1) is 6.61 Å². The number of hydrogen-bond donors (Lipinski definition) is 4. The molecule has 0 aromatic rings. The van der Waals surface area contributed by atoms with Crippen molar-refractivity contribution in [2.75, 3.05) is 6.61 Å². The van der Waals surface area contributed by atoms with Crippen LogP contribution in [-0.4, -0.2) is 63.1 Å². The molecule has 0 bridgehead atoms. The Kier molecular flexibility index (Phi) is 3.28. The fourth-order valence-corrected chi connectivity index (χ4v) is 2.07. The van der Waals surface area contributed by atoms with Gasteiger partial charge in [0.15, 0.2) is 11.9 Å². The molecule has 5 atom stereocenters. The number of aliphatic hydroxyl groups excluding tert-OH is 3. The summed E-state index contributed by atoms with van der Waals surface area (Å²) < 4.78 is 19.6. The van der Waals surface area contributed by atoms with Gasteiger partial charge in [-0.2, -0.15) is 0 Å². The van der Waals surface area contributed by atoms with E-state index in [1.807, 2.05) is 0 Å². The molecular formula is C10H16FN3O4. The van der Waals surface area contributed by atoms with Crippen LogP contribution in [0.1, 0.15) is 6.92 Å². The van der Waals surface area contributed by atoms with Crippen LogP contribution in [0.15, 0.2) is 17.3 Å². The lowest BCUT2D eigenvalue weighted by Gasteiger charge is -2.36. The standard InChI is InChI=1S/C10H16FN3O4/c1-10(11)7(16)5(4-15)18-8(10)14-3-2-6(12)13-9(14)17/h2-3,5,7-9,15-17H,4H2,1H3,(H2,12,13)/t5-,7?,8-,9?,10?/m1/s1. The first kappa shape index (κ1) is 13.2. The van der Waals surface area contributed by atoms with Crippen molar-refractivity contribution in [3.63, 3.8) is 0 Å². The van der Waals surface area contributed by atoms with E-state index < -0.39 is 37.1 Å². The highest BCUT2D eigenvalue weighted by molar-refractivity contribution is 5.91. The normalized spacial score (nSPS) is 44.3. The predicted octanol–water partition coefficient (Wildman–Crippen LogP) is -1.74. The monoisotopic (exact) mass is 261 g/mol. The lowest BCUT2D eigenvalue weighted by molar-refractivity contribution is -0.138. The first-order chi connectivity index (χ1) is 8.37. The summed E-state index contributed by atoms with van der Waals surface area (Å²) in [5, 5.41) is 28.4. The van der Waals surface area contributed by atoms with Gasteiger partial charge in [0.25, 0.3) is 0 Å². The average Bonchev–Trinajstić information content (AvgIpc) is 2.52. The van der Waals surface area contributed by atoms with Gasteiger partial charge >= 0.3 is 0 Å². The van der Waals surface area contributed by atoms with Gasteiger partial charge in [-0.1, -0.05) is 0 Å². The van der Waals surface area contributed by atoms with Crippen LogP contribution in [0.25, 0.3) is 0 Å². The van der Waals surface area contributed by atoms with Crippen LogP contribution < -0.4 is 5.73 Å². The van der Waals surface area contributed by atoms with Crippen molar-refractivity contribution in [3.05, 3.63) is 12.3 Å². The summed E-state index contributed by atoms with van der Waals surface area (Å²) in [7, 11) is 0. The van der Waals surface area contributed by atoms with Gasteiger partial charge in [0.2, 0.25) is 6.35 Å². The summed E-state index contributed by atoms with van der Waals surface area (Å²) in [6, 6.07) is 0. The molecule has 1 fully saturated rings. The van der Waals surface area contributed by atoms with Crippen LogP contribution in [0, 0.1) is 0 Å². The van der Waals surface area contributed by atoms with Crippen LogP contribution in [-0.2, 0) is 4.74 Å². The largest absolute Gasteiger partial charge is 0.394 e. The van der Waals surface area contributed by atoms with Crippen molar-refractivity contribution < 1.29 is 24.4 Å². The minimum Gasteiger partial charge on any atom is -0.394 e. The number of hydrogen-bond acceptors (Lipinski definition) is 7. The smallest absolute Gasteiger partial charge is 0.229 e. The second kappa shape index (κ2) is 4.47. The lowest BCUT2D eigenvalue weighted by atomic mass is 9.98. The molecule has 18 heavy (non-hydrogen) atoms. The highest BCUT2D eigenvalue weighted by Gasteiger charge is 2.56. The SMILES string of the molecule is CC1(F)C(O)[C@@H](CO)O[C@H]1N1C=CC(N)=NC1O. The zero-order valence-corrected chi connectivity index (χ0v) is 9.77. The highest BCUT2D eigenvalue weighted by atomic mass is 19.1. The number of halogens is 1. The molecule has 0 aliphatic carbocycles. The molecule has 3 unspecified atom stereocenters. The summed E-state index contributed by atoms with van der Waals surface area (Å²) in [6.07, 6.45) is -2.47. The van der Waals surface area contributed by atoms with Gasteiger partial charge in [-0.15, -0.1) is 0 Å². The van der Waals surface area contributed by atoms with Crippen molar-refractivity contribution in [1.29, 1.82) is 0 Å². The first-order valence-corrected chi connectivity index (χ1v) is 5.48. The van der Waals surface area contributed by atoms with E-state index in [0.717, 1.165) is 11.8 Å². The van der Waals surface area contributed by atoms with Crippen molar-refractivity contribution >= 4 is 5.84 Å². The Balaban J connectivity index is 2.22. The Morgan fingerprint density at radius 1 is 1.61 bits per heavy atom. The number of nitrogens with zero attached hydrogens (tertiary/aromatic N) is 2. The Bertz CT molecular complexity index is 387. The molecule has 2 aliphatic heterocycles. The van der Waals surface area contributed by atoms with Crippen LogP contribution >= 0.6 is 0 Å². The van der Waals surface area contributed by atoms with Crippen molar-refractivity contribution in [2.45, 2.75) is 37.4 Å². The number of aliphatic imine (C=N–C) groups is 1. The zero-order valence-electron chi connectivity index (χ0n) is 9.77. The summed E-state index contributed by atoms with van der Waals surface area (Å²) >= 11 is 0. The molecule has 0 amide bonds. The van der Waals surface area contributed by atoms with E-state index in [2.05, 4.69) is 4.99 Å². The van der Waals surface area contributed by atoms with Crippen molar-refractivity contribution in [1.82, 2.24) is 4.90 Å². The fourth-order valence-electron chi connectivity index (χ4n) is 2.07. The molecule has 2 heterocycles. The molecule has 102 valence electrons. The van der Waals surface area contributed by atoms with E-state index in [9.17, 15) is 14.6 Å². The zero-order chi connectivity index (χ0) is 13.5. The third-order valence-electron chi connectivity index (χ3n) is 3.12. The molecule has 8 heteroatoms. The molecule has 0 radical (unpaired) electrons. The minimum absolute atomic E-state index is 0.108. The molecular weight excluding hydrogens is 245 g/mol. The van der Waals surface area contributed by atoms with Gasteiger partial charge in [-0.25, -0.2) is 9.38 Å². The van der Waals surface area contributed by atoms with E-state index in [1.54, 1.807) is 0 Å². The van der Waals surface area contributed by atoms with E-state index >= 15 is 0 Å². The number of ether oxygens (including phenoxy) is 1. The second-order valence-electron chi connectivity index (χ2n) is 4.47. The fraction of sp³-hybridized carbons (Fsp3) is 0.700. The van der Waals surface area contributed by atoms with Crippen molar-refractivity contribution in [2.24, 2.45) is 10.7 Å². The Morgan fingerprint density at radius 2 is 2.28 bits per heavy atom. The maximum absolute atomic E-state index is 14.4. The maximum Gasteiger partial charge on any atom is 0.229 e. The quantitative estimate of drug-likeness (QED) is 0.469. The Labute approximate surface area is 103 Å². The minimum atomic E-state index is -2.15. The summed E-state index contributed by atoms with van der Waals surface area (Å²) in [6.45, 7) is 0.621. The molecule has 2 aliphatic rings. The highest BCUT2D eigenvalue weighted by Crippen LogP contribution is 2.37. The van der Waals surface area contributed by atoms with E-state index in [4.69, 9.17) is 15.6 Å². The van der Waals surface area contributed by atoms with Gasteiger partial charge < -0.3 is 30.7 Å². The Hall–Kier alpha value is -1.22. The van der Waals surface area contributed by atoms with E-state index in [0.29, 0.717) is 0 Å². The van der Waals surface area contributed by atoms with Crippen LogP contribution in [0.2, 0.25) is 0 Å². The van der Waals surface area contributed by atoms with E-state index in [1.165, 1.54) is 12.3 Å². The topological polar surface area (TPSA) is 112 Å². The number of nitrogens with two attached hydrogens (primary N) is 1. The number of amidine groups is 1. The number of alkyl halides is 1. The van der Waals surface area contributed by atoms with Crippen LogP contribution in [0.5, 0.6) is 0 Å². The molecule has 0 spiro atoms. The Morgan fingerprint density at radius 3 is 2.78 bits per heavy atom. The third kappa shape index (κ3) is 1.97. The predicted molar refractivity (Wildman–Crippen MR) is 59.9 cm³/mol. The molecule has 7 nitrogen and oxygen atoms in total. The average molecular weight is 261 g/mol. The van der Waals surface area contributed by atoms with Gasteiger partial charge in [-0.05, 0) is 13.0 Å². The molecule has 0 aromatic heterocycles. The van der Waals surface area contributed by atoms with Gasteiger partial charge in [0.1, 0.15) is 18.0 Å². The first-order valence-electron chi connectivity index (χ1n) is 5.48. The molecule has 5 N–H and O–H groups in total. The maximum atomic E-state index is 14.4.